The summed E-state index contributed by atoms with van der Waals surface area (Å²) < 4.78 is 6.15. The van der Waals surface area contributed by atoms with Crippen molar-refractivity contribution in [3.63, 3.8) is 0 Å². The SMILES string of the molecule is C[C@H](C/C=C\CO)O[Si](C)(C)C(C)(C)C. The number of aliphatic hydroxyl groups is 1. The van der Waals surface area contributed by atoms with E-state index in [1.807, 2.05) is 6.08 Å². The first-order valence-electron chi connectivity index (χ1n) is 5.64. The lowest BCUT2D eigenvalue weighted by Crippen LogP contribution is -2.43. The van der Waals surface area contributed by atoms with E-state index in [1.165, 1.54) is 0 Å². The molecule has 0 radical (unpaired) electrons. The first-order valence-corrected chi connectivity index (χ1v) is 8.55. The molecule has 0 saturated carbocycles. The summed E-state index contributed by atoms with van der Waals surface area (Å²) in [4.78, 5) is 0. The zero-order chi connectivity index (χ0) is 12.1. The molecule has 2 nitrogen and oxygen atoms in total. The van der Waals surface area contributed by atoms with Gasteiger partial charge in [-0.3, -0.25) is 0 Å². The van der Waals surface area contributed by atoms with E-state index in [0.717, 1.165) is 6.42 Å². The Morgan fingerprint density at radius 2 is 1.80 bits per heavy atom. The Balaban J connectivity index is 4.16. The minimum atomic E-state index is -1.62. The van der Waals surface area contributed by atoms with Gasteiger partial charge in [0.2, 0.25) is 0 Å². The molecule has 0 saturated heterocycles. The van der Waals surface area contributed by atoms with Crippen LogP contribution in [0.25, 0.3) is 0 Å². The Morgan fingerprint density at radius 1 is 1.27 bits per heavy atom. The van der Waals surface area contributed by atoms with E-state index in [-0.39, 0.29) is 17.7 Å². The van der Waals surface area contributed by atoms with Gasteiger partial charge in [-0.25, -0.2) is 0 Å². The molecule has 0 spiro atoms. The molecule has 15 heavy (non-hydrogen) atoms. The maximum atomic E-state index is 8.62. The van der Waals surface area contributed by atoms with Crippen LogP contribution in [0.2, 0.25) is 18.1 Å². The summed E-state index contributed by atoms with van der Waals surface area (Å²) in [6, 6.07) is 0. The average Bonchev–Trinajstić information content (AvgIpc) is 2.01. The van der Waals surface area contributed by atoms with Gasteiger partial charge in [0.25, 0.3) is 0 Å². The van der Waals surface area contributed by atoms with Crippen LogP contribution in [0, 0.1) is 0 Å². The Kier molecular flexibility index (Phi) is 5.78. The fourth-order valence-electron chi connectivity index (χ4n) is 1.09. The second-order valence-electron chi connectivity index (χ2n) is 5.58. The zero-order valence-corrected chi connectivity index (χ0v) is 12.0. The fourth-order valence-corrected chi connectivity index (χ4v) is 2.55. The lowest BCUT2D eigenvalue weighted by Gasteiger charge is -2.38. The van der Waals surface area contributed by atoms with Gasteiger partial charge in [0, 0.05) is 6.10 Å². The van der Waals surface area contributed by atoms with E-state index in [4.69, 9.17) is 9.53 Å². The van der Waals surface area contributed by atoms with Gasteiger partial charge in [-0.2, -0.15) is 0 Å². The van der Waals surface area contributed by atoms with Crippen LogP contribution in [-0.4, -0.2) is 26.1 Å². The van der Waals surface area contributed by atoms with Crippen molar-refractivity contribution in [2.45, 2.75) is 58.4 Å². The van der Waals surface area contributed by atoms with Gasteiger partial charge in [0.05, 0.1) is 6.61 Å². The molecule has 0 bridgehead atoms. The second kappa shape index (κ2) is 5.82. The lowest BCUT2D eigenvalue weighted by atomic mass is 10.2. The summed E-state index contributed by atoms with van der Waals surface area (Å²) in [6.07, 6.45) is 4.88. The van der Waals surface area contributed by atoms with Gasteiger partial charge in [-0.15, -0.1) is 0 Å². The molecule has 0 rings (SSSR count). The predicted octanol–water partition coefficient (Wildman–Crippen LogP) is 3.34. The van der Waals surface area contributed by atoms with Crippen LogP contribution in [0.5, 0.6) is 0 Å². The Morgan fingerprint density at radius 3 is 2.20 bits per heavy atom. The van der Waals surface area contributed by atoms with Gasteiger partial charge in [0.1, 0.15) is 0 Å². The van der Waals surface area contributed by atoms with Gasteiger partial charge in [-0.1, -0.05) is 32.9 Å². The quantitative estimate of drug-likeness (QED) is 0.580. The second-order valence-corrected chi connectivity index (χ2v) is 10.3. The third kappa shape index (κ3) is 5.49. The van der Waals surface area contributed by atoms with Crippen molar-refractivity contribution in [3.8, 4) is 0 Å². The summed E-state index contributed by atoms with van der Waals surface area (Å²) in [5, 5.41) is 8.89. The maximum Gasteiger partial charge on any atom is 0.192 e. The predicted molar refractivity (Wildman–Crippen MR) is 68.6 cm³/mol. The number of hydrogen-bond acceptors (Lipinski definition) is 2. The van der Waals surface area contributed by atoms with E-state index in [9.17, 15) is 0 Å². The molecule has 0 aliphatic carbocycles. The van der Waals surface area contributed by atoms with Crippen LogP contribution in [-0.2, 0) is 4.43 Å². The van der Waals surface area contributed by atoms with Crippen LogP contribution in [0.1, 0.15) is 34.1 Å². The molecule has 0 unspecified atom stereocenters. The third-order valence-corrected chi connectivity index (χ3v) is 7.65. The van der Waals surface area contributed by atoms with Crippen molar-refractivity contribution >= 4 is 8.32 Å². The molecular formula is C12H26O2Si. The van der Waals surface area contributed by atoms with Crippen LogP contribution < -0.4 is 0 Å². The first-order chi connectivity index (χ1) is 6.70. The lowest BCUT2D eigenvalue weighted by molar-refractivity contribution is 0.202. The van der Waals surface area contributed by atoms with Gasteiger partial charge in [0.15, 0.2) is 8.32 Å². The molecule has 1 atom stereocenters. The van der Waals surface area contributed by atoms with Gasteiger partial charge >= 0.3 is 0 Å². The highest BCUT2D eigenvalue weighted by Crippen LogP contribution is 2.37. The van der Waals surface area contributed by atoms with E-state index in [0.29, 0.717) is 0 Å². The summed E-state index contributed by atoms with van der Waals surface area (Å²) in [5.74, 6) is 0. The van der Waals surface area contributed by atoms with E-state index in [1.54, 1.807) is 6.08 Å². The van der Waals surface area contributed by atoms with Crippen molar-refractivity contribution in [2.24, 2.45) is 0 Å². The largest absolute Gasteiger partial charge is 0.414 e. The smallest absolute Gasteiger partial charge is 0.192 e. The summed E-state index contributed by atoms with van der Waals surface area (Å²) in [5.41, 5.74) is 0. The fraction of sp³-hybridized carbons (Fsp3) is 0.833. The highest BCUT2D eigenvalue weighted by Gasteiger charge is 2.38. The minimum absolute atomic E-state index is 0.118. The van der Waals surface area contributed by atoms with Gasteiger partial charge in [-0.05, 0) is 31.5 Å². The Bertz CT molecular complexity index is 204. The first kappa shape index (κ1) is 14.9. The average molecular weight is 230 g/mol. The summed E-state index contributed by atoms with van der Waals surface area (Å²) in [6.45, 7) is 13.5. The molecule has 0 fully saturated rings. The van der Waals surface area contributed by atoms with Crippen LogP contribution in [0.15, 0.2) is 12.2 Å². The molecule has 0 aromatic rings. The molecular weight excluding hydrogens is 204 g/mol. The monoisotopic (exact) mass is 230 g/mol. The summed E-state index contributed by atoms with van der Waals surface area (Å²) >= 11 is 0. The molecule has 0 heterocycles. The van der Waals surface area contributed by atoms with Gasteiger partial charge < -0.3 is 9.53 Å². The van der Waals surface area contributed by atoms with E-state index < -0.39 is 8.32 Å². The number of aliphatic hydroxyl groups excluding tert-OH is 1. The highest BCUT2D eigenvalue weighted by molar-refractivity contribution is 6.74. The Labute approximate surface area is 95.5 Å². The third-order valence-electron chi connectivity index (χ3n) is 3.04. The topological polar surface area (TPSA) is 29.5 Å². The standard InChI is InChI=1S/C12H26O2Si/c1-11(9-7-8-10-13)14-15(5,6)12(2,3)4/h7-8,11,13H,9-10H2,1-6H3/b8-7-/t11-/m1/s1. The van der Waals surface area contributed by atoms with Crippen molar-refractivity contribution in [1.82, 2.24) is 0 Å². The van der Waals surface area contributed by atoms with Crippen molar-refractivity contribution < 1.29 is 9.53 Å². The molecule has 0 aromatic heterocycles. The molecule has 0 aliphatic heterocycles. The van der Waals surface area contributed by atoms with Crippen LogP contribution in [0.3, 0.4) is 0 Å². The molecule has 0 amide bonds. The molecule has 90 valence electrons. The molecule has 3 heteroatoms. The molecule has 0 aromatic carbocycles. The zero-order valence-electron chi connectivity index (χ0n) is 11.0. The van der Waals surface area contributed by atoms with Crippen molar-refractivity contribution in [2.75, 3.05) is 6.61 Å². The van der Waals surface area contributed by atoms with E-state index >= 15 is 0 Å². The van der Waals surface area contributed by atoms with Crippen molar-refractivity contribution in [3.05, 3.63) is 12.2 Å². The highest BCUT2D eigenvalue weighted by atomic mass is 28.4. The normalized spacial score (nSPS) is 15.9. The molecule has 0 aliphatic rings. The van der Waals surface area contributed by atoms with Crippen LogP contribution >= 0.6 is 0 Å². The minimum Gasteiger partial charge on any atom is -0.414 e. The summed E-state index contributed by atoms with van der Waals surface area (Å²) in [7, 11) is -1.62. The Hall–Kier alpha value is -0.123. The van der Waals surface area contributed by atoms with E-state index in [2.05, 4.69) is 40.8 Å². The number of hydrogen-bond donors (Lipinski definition) is 1. The maximum absolute atomic E-state index is 8.62. The number of rotatable bonds is 5. The van der Waals surface area contributed by atoms with Crippen molar-refractivity contribution in [1.29, 1.82) is 0 Å². The molecule has 1 N–H and O–H groups in total. The van der Waals surface area contributed by atoms with Crippen LogP contribution in [0.4, 0.5) is 0 Å².